The van der Waals surface area contributed by atoms with E-state index in [0.29, 0.717) is 12.5 Å². The molecule has 3 N–H and O–H groups in total. The molecule has 0 spiro atoms. The molecule has 1 amide bonds. The van der Waals surface area contributed by atoms with Gasteiger partial charge in [0, 0.05) is 13.5 Å². The first-order valence-corrected chi connectivity index (χ1v) is 11.9. The fourth-order valence-corrected chi connectivity index (χ4v) is 4.77. The second-order valence-corrected chi connectivity index (χ2v) is 9.90. The summed E-state index contributed by atoms with van der Waals surface area (Å²) in [6.45, 7) is 2.03. The lowest BCUT2D eigenvalue weighted by molar-refractivity contribution is -0.225. The Labute approximate surface area is 222 Å². The standard InChI is InChI=1S/C24H20ClF5N8O/c1-22(27,24(28,29)30)9-8-12-32-15(13-16(25)37-38(3)20(13)33-12)19-34-17(31)14-18(35-19)36-21(39)23(14,2)10-4-6-11(26)7-5-10/h4-7H,8-9H2,1-3H3,(H3,31,34,35,36,39). The number of benzene rings is 1. The van der Waals surface area contributed by atoms with Crippen molar-refractivity contribution in [3.05, 3.63) is 52.2 Å². The van der Waals surface area contributed by atoms with Crippen LogP contribution in [0.3, 0.4) is 0 Å². The number of aryl methyl sites for hydroxylation is 2. The highest BCUT2D eigenvalue weighted by Crippen LogP contribution is 2.45. The fraction of sp³-hybridized carbons (Fsp3) is 0.333. The SMILES string of the molecule is Cn1nc(Cl)c2c(-c3nc(N)c4c(n3)NC(=O)C4(C)c3ccc(F)cc3)nc(CCC(C)(F)C(F)(F)F)nc21. The van der Waals surface area contributed by atoms with Crippen LogP contribution in [0.15, 0.2) is 24.3 Å². The molecular weight excluding hydrogens is 547 g/mol. The largest absolute Gasteiger partial charge is 0.422 e. The molecule has 15 heteroatoms. The van der Waals surface area contributed by atoms with Crippen molar-refractivity contribution in [1.29, 1.82) is 0 Å². The van der Waals surface area contributed by atoms with E-state index >= 15 is 0 Å². The first kappa shape index (κ1) is 26.7. The van der Waals surface area contributed by atoms with Crippen LogP contribution in [-0.4, -0.2) is 47.5 Å². The summed E-state index contributed by atoms with van der Waals surface area (Å²) < 4.78 is 68.3. The van der Waals surface area contributed by atoms with Crippen LogP contribution in [0.5, 0.6) is 0 Å². The van der Waals surface area contributed by atoms with E-state index in [2.05, 4.69) is 30.4 Å². The van der Waals surface area contributed by atoms with Gasteiger partial charge in [0.05, 0.1) is 10.9 Å². The quantitative estimate of drug-likeness (QED) is 0.336. The van der Waals surface area contributed by atoms with Crippen LogP contribution in [0.2, 0.25) is 5.15 Å². The van der Waals surface area contributed by atoms with Gasteiger partial charge >= 0.3 is 6.18 Å². The summed E-state index contributed by atoms with van der Waals surface area (Å²) in [6, 6.07) is 5.32. The minimum Gasteiger partial charge on any atom is -0.383 e. The number of amides is 1. The molecule has 0 radical (unpaired) electrons. The van der Waals surface area contributed by atoms with Crippen LogP contribution in [0.4, 0.5) is 33.6 Å². The zero-order valence-electron chi connectivity index (χ0n) is 20.7. The Hall–Kier alpha value is -3.94. The predicted molar refractivity (Wildman–Crippen MR) is 132 cm³/mol. The number of halogens is 6. The number of nitrogen functional groups attached to an aromatic ring is 1. The summed E-state index contributed by atoms with van der Waals surface area (Å²) in [5.74, 6) is -1.24. The monoisotopic (exact) mass is 566 g/mol. The molecule has 0 fully saturated rings. The van der Waals surface area contributed by atoms with Gasteiger partial charge in [-0.15, -0.1) is 0 Å². The summed E-state index contributed by atoms with van der Waals surface area (Å²) in [6.07, 6.45) is -6.49. The minimum atomic E-state index is -5.08. The van der Waals surface area contributed by atoms with E-state index in [1.807, 2.05) is 0 Å². The molecule has 0 saturated carbocycles. The lowest BCUT2D eigenvalue weighted by atomic mass is 9.78. The maximum absolute atomic E-state index is 14.3. The number of carbonyl (C=O) groups excluding carboxylic acids is 1. The Morgan fingerprint density at radius 1 is 1.10 bits per heavy atom. The minimum absolute atomic E-state index is 0.0141. The number of nitrogens with two attached hydrogens (primary N) is 1. The third-order valence-corrected chi connectivity index (χ3v) is 7.12. The number of rotatable bonds is 5. The molecule has 204 valence electrons. The zero-order valence-corrected chi connectivity index (χ0v) is 21.4. The van der Waals surface area contributed by atoms with Gasteiger partial charge in [0.1, 0.15) is 34.4 Å². The van der Waals surface area contributed by atoms with E-state index in [1.54, 1.807) is 6.92 Å². The molecule has 0 aliphatic carbocycles. The van der Waals surface area contributed by atoms with E-state index in [-0.39, 0.29) is 50.7 Å². The molecule has 4 heterocycles. The normalized spacial score (nSPS) is 18.7. The smallest absolute Gasteiger partial charge is 0.383 e. The second kappa shape index (κ2) is 8.79. The molecule has 1 aliphatic heterocycles. The first-order valence-electron chi connectivity index (χ1n) is 11.5. The fourth-order valence-electron chi connectivity index (χ4n) is 4.48. The summed E-state index contributed by atoms with van der Waals surface area (Å²) in [5, 5.41) is 6.89. The highest BCUT2D eigenvalue weighted by molar-refractivity contribution is 6.35. The van der Waals surface area contributed by atoms with E-state index in [4.69, 9.17) is 17.3 Å². The summed E-state index contributed by atoms with van der Waals surface area (Å²) in [4.78, 5) is 30.4. The topological polar surface area (TPSA) is 124 Å². The van der Waals surface area contributed by atoms with Gasteiger partial charge in [0.2, 0.25) is 11.6 Å². The van der Waals surface area contributed by atoms with Crippen molar-refractivity contribution in [2.24, 2.45) is 7.05 Å². The van der Waals surface area contributed by atoms with Gasteiger partial charge in [-0.3, -0.25) is 4.79 Å². The number of anilines is 2. The van der Waals surface area contributed by atoms with Gasteiger partial charge in [-0.25, -0.2) is 33.4 Å². The number of fused-ring (bicyclic) bond motifs is 2. The highest BCUT2D eigenvalue weighted by Gasteiger charge is 2.51. The van der Waals surface area contributed by atoms with Crippen LogP contribution in [0.1, 0.15) is 37.2 Å². The van der Waals surface area contributed by atoms with Crippen molar-refractivity contribution in [1.82, 2.24) is 29.7 Å². The van der Waals surface area contributed by atoms with Crippen molar-refractivity contribution in [3.8, 4) is 11.5 Å². The van der Waals surface area contributed by atoms with E-state index in [9.17, 15) is 26.7 Å². The third kappa shape index (κ3) is 4.22. The lowest BCUT2D eigenvalue weighted by Gasteiger charge is -2.23. The Kier molecular flexibility index (Phi) is 6.01. The van der Waals surface area contributed by atoms with Crippen LogP contribution in [0, 0.1) is 5.82 Å². The zero-order chi connectivity index (χ0) is 28.5. The Morgan fingerprint density at radius 3 is 2.41 bits per heavy atom. The van der Waals surface area contributed by atoms with Gasteiger partial charge in [0.15, 0.2) is 16.6 Å². The molecule has 0 bridgehead atoms. The van der Waals surface area contributed by atoms with Crippen molar-refractivity contribution in [3.63, 3.8) is 0 Å². The van der Waals surface area contributed by atoms with Crippen LogP contribution in [0.25, 0.3) is 22.6 Å². The average molecular weight is 567 g/mol. The number of nitrogens with one attached hydrogen (secondary N) is 1. The van der Waals surface area contributed by atoms with E-state index < -0.39 is 41.8 Å². The molecule has 4 aromatic rings. The summed E-state index contributed by atoms with van der Waals surface area (Å²) in [5.41, 5.74) is 2.34. The van der Waals surface area contributed by atoms with Crippen LogP contribution >= 0.6 is 11.6 Å². The number of aromatic nitrogens is 6. The lowest BCUT2D eigenvalue weighted by Crippen LogP contribution is -2.38. The van der Waals surface area contributed by atoms with Gasteiger partial charge in [0.25, 0.3) is 0 Å². The number of hydrogen-bond donors (Lipinski definition) is 2. The number of alkyl halides is 4. The van der Waals surface area contributed by atoms with E-state index in [1.165, 1.54) is 36.0 Å². The van der Waals surface area contributed by atoms with Crippen LogP contribution < -0.4 is 11.1 Å². The van der Waals surface area contributed by atoms with Crippen LogP contribution in [-0.2, 0) is 23.7 Å². The van der Waals surface area contributed by atoms with Crippen molar-refractivity contribution in [2.75, 3.05) is 11.1 Å². The Balaban J connectivity index is 1.64. The molecule has 1 aliphatic rings. The van der Waals surface area contributed by atoms with E-state index in [0.717, 1.165) is 0 Å². The Bertz CT molecular complexity index is 1640. The molecule has 2 unspecified atom stereocenters. The summed E-state index contributed by atoms with van der Waals surface area (Å²) in [7, 11) is 1.51. The molecule has 2 atom stereocenters. The van der Waals surface area contributed by atoms with Gasteiger partial charge in [-0.2, -0.15) is 18.3 Å². The maximum atomic E-state index is 14.3. The molecular formula is C24H20ClF5N8O. The average Bonchev–Trinajstić information content (AvgIpc) is 3.29. The van der Waals surface area contributed by atoms with Gasteiger partial charge in [-0.05, 0) is 38.0 Å². The van der Waals surface area contributed by atoms with Crippen molar-refractivity contribution in [2.45, 2.75) is 43.9 Å². The first-order chi connectivity index (χ1) is 18.1. The number of nitrogens with zero attached hydrogens (tertiary/aromatic N) is 6. The number of hydrogen-bond acceptors (Lipinski definition) is 7. The van der Waals surface area contributed by atoms with Gasteiger partial charge in [-0.1, -0.05) is 23.7 Å². The number of carbonyl (C=O) groups is 1. The van der Waals surface area contributed by atoms with Gasteiger partial charge < -0.3 is 11.1 Å². The molecule has 9 nitrogen and oxygen atoms in total. The highest BCUT2D eigenvalue weighted by atomic mass is 35.5. The van der Waals surface area contributed by atoms with Crippen molar-refractivity contribution >= 4 is 40.2 Å². The Morgan fingerprint density at radius 2 is 1.77 bits per heavy atom. The molecule has 0 saturated heterocycles. The second-order valence-electron chi connectivity index (χ2n) is 9.54. The molecule has 5 rings (SSSR count). The molecule has 3 aromatic heterocycles. The predicted octanol–water partition coefficient (Wildman–Crippen LogP) is 4.68. The maximum Gasteiger partial charge on any atom is 0.422 e. The summed E-state index contributed by atoms with van der Waals surface area (Å²) >= 11 is 6.31. The molecule has 1 aromatic carbocycles. The third-order valence-electron chi connectivity index (χ3n) is 6.85. The molecule has 39 heavy (non-hydrogen) atoms. The van der Waals surface area contributed by atoms with Crippen molar-refractivity contribution < 1.29 is 26.7 Å².